The molecular formula is C6H15NO2. The summed E-state index contributed by atoms with van der Waals surface area (Å²) in [7, 11) is 0. The Morgan fingerprint density at radius 1 is 0.889 bits per heavy atom. The normalized spacial score (nSPS) is 19.3. The summed E-state index contributed by atoms with van der Waals surface area (Å²) in [6, 6.07) is 0. The largest absolute Gasteiger partial charge is 0.381 e. The van der Waals surface area contributed by atoms with Crippen LogP contribution in [0.1, 0.15) is 25.7 Å². The maximum absolute atomic E-state index is 6.50. The lowest BCUT2D eigenvalue weighted by atomic mass is 10.2. The number of rotatable bonds is 0. The molecule has 56 valence electrons. The van der Waals surface area contributed by atoms with Gasteiger partial charge in [-0.2, -0.15) is 0 Å². The molecule has 1 heterocycles. The van der Waals surface area contributed by atoms with Crippen LogP contribution < -0.4 is 5.90 Å². The topological polar surface area (TPSA) is 55.5 Å². The molecule has 0 aromatic heterocycles. The summed E-state index contributed by atoms with van der Waals surface area (Å²) < 4.78 is 5.19. The Kier molecular flexibility index (Phi) is 7.77. The van der Waals surface area contributed by atoms with Crippen molar-refractivity contribution in [3.63, 3.8) is 0 Å². The molecule has 1 aliphatic heterocycles. The second-order valence-corrected chi connectivity index (χ2v) is 2.03. The second-order valence-electron chi connectivity index (χ2n) is 2.03. The standard InChI is InChI=1S/C6H12O.H3NO/c1-2-4-6-7-5-3-1;1-2/h1-6H2;2H,1H2. The predicted molar refractivity (Wildman–Crippen MR) is 35.3 cm³/mol. The summed E-state index contributed by atoms with van der Waals surface area (Å²) >= 11 is 0. The van der Waals surface area contributed by atoms with Gasteiger partial charge in [-0.1, -0.05) is 12.8 Å². The molecule has 0 spiro atoms. The zero-order valence-electron chi connectivity index (χ0n) is 5.68. The van der Waals surface area contributed by atoms with Gasteiger partial charge in [0.05, 0.1) is 0 Å². The van der Waals surface area contributed by atoms with Gasteiger partial charge in [-0.05, 0) is 12.8 Å². The van der Waals surface area contributed by atoms with E-state index < -0.39 is 0 Å². The number of ether oxygens (including phenoxy) is 1. The zero-order chi connectivity index (χ0) is 6.95. The number of nitrogens with two attached hydrogens (primary N) is 1. The van der Waals surface area contributed by atoms with Crippen LogP contribution in [0.4, 0.5) is 0 Å². The van der Waals surface area contributed by atoms with E-state index in [9.17, 15) is 0 Å². The van der Waals surface area contributed by atoms with Crippen LogP contribution in [0.3, 0.4) is 0 Å². The van der Waals surface area contributed by atoms with Gasteiger partial charge in [0, 0.05) is 13.2 Å². The van der Waals surface area contributed by atoms with E-state index in [0.29, 0.717) is 0 Å². The van der Waals surface area contributed by atoms with E-state index >= 15 is 0 Å². The van der Waals surface area contributed by atoms with E-state index in [1.807, 2.05) is 0 Å². The van der Waals surface area contributed by atoms with Crippen molar-refractivity contribution in [3.05, 3.63) is 0 Å². The molecule has 1 aliphatic rings. The molecule has 3 N–H and O–H groups in total. The van der Waals surface area contributed by atoms with Gasteiger partial charge in [0.2, 0.25) is 0 Å². The Bertz CT molecular complexity index is 30.7. The van der Waals surface area contributed by atoms with E-state index in [0.717, 1.165) is 13.2 Å². The predicted octanol–water partition coefficient (Wildman–Crippen LogP) is 0.911. The summed E-state index contributed by atoms with van der Waals surface area (Å²) in [6.07, 6.45) is 5.31. The Morgan fingerprint density at radius 3 is 1.78 bits per heavy atom. The molecule has 3 nitrogen and oxygen atoms in total. The Hall–Kier alpha value is -0.120. The van der Waals surface area contributed by atoms with Gasteiger partial charge >= 0.3 is 0 Å². The molecule has 0 aliphatic carbocycles. The maximum atomic E-state index is 6.50. The summed E-state index contributed by atoms with van der Waals surface area (Å²) in [5.41, 5.74) is 0. The van der Waals surface area contributed by atoms with Crippen LogP contribution in [-0.4, -0.2) is 18.4 Å². The zero-order valence-corrected chi connectivity index (χ0v) is 5.68. The van der Waals surface area contributed by atoms with Crippen molar-refractivity contribution in [1.29, 1.82) is 0 Å². The molecule has 1 fully saturated rings. The molecule has 0 aromatic rings. The van der Waals surface area contributed by atoms with Crippen molar-refractivity contribution in [2.45, 2.75) is 25.7 Å². The average molecular weight is 133 g/mol. The van der Waals surface area contributed by atoms with Crippen molar-refractivity contribution >= 4 is 0 Å². The van der Waals surface area contributed by atoms with Crippen molar-refractivity contribution < 1.29 is 9.94 Å². The third kappa shape index (κ3) is 5.76. The third-order valence-corrected chi connectivity index (χ3v) is 1.33. The lowest BCUT2D eigenvalue weighted by molar-refractivity contribution is 0.144. The van der Waals surface area contributed by atoms with Crippen LogP contribution in [0, 0.1) is 0 Å². The molecule has 1 rings (SSSR count). The lowest BCUT2D eigenvalue weighted by Crippen LogP contribution is -1.89. The minimum Gasteiger partial charge on any atom is -0.381 e. The minimum absolute atomic E-state index is 1.00. The van der Waals surface area contributed by atoms with Gasteiger partial charge in [0.15, 0.2) is 0 Å². The summed E-state index contributed by atoms with van der Waals surface area (Å²) in [5.74, 6) is 3.50. The highest BCUT2D eigenvalue weighted by atomic mass is 16.5. The Balaban J connectivity index is 0.000000291. The van der Waals surface area contributed by atoms with Gasteiger partial charge in [-0.3, -0.25) is 0 Å². The van der Waals surface area contributed by atoms with Gasteiger partial charge in [0.25, 0.3) is 0 Å². The fourth-order valence-electron chi connectivity index (χ4n) is 0.864. The second kappa shape index (κ2) is 7.88. The Morgan fingerprint density at radius 2 is 1.33 bits per heavy atom. The summed E-state index contributed by atoms with van der Waals surface area (Å²) in [4.78, 5) is 0. The monoisotopic (exact) mass is 133 g/mol. The molecule has 0 amide bonds. The van der Waals surface area contributed by atoms with Gasteiger partial charge < -0.3 is 9.94 Å². The molecular weight excluding hydrogens is 118 g/mol. The fourth-order valence-corrected chi connectivity index (χ4v) is 0.864. The van der Waals surface area contributed by atoms with Crippen LogP contribution in [0.25, 0.3) is 0 Å². The van der Waals surface area contributed by atoms with Crippen molar-refractivity contribution in [1.82, 2.24) is 0 Å². The van der Waals surface area contributed by atoms with Crippen molar-refractivity contribution in [3.8, 4) is 0 Å². The maximum Gasteiger partial charge on any atom is 0.0466 e. The first-order valence-corrected chi connectivity index (χ1v) is 3.34. The van der Waals surface area contributed by atoms with Crippen LogP contribution >= 0.6 is 0 Å². The summed E-state index contributed by atoms with van der Waals surface area (Å²) in [6.45, 7) is 2.00. The van der Waals surface area contributed by atoms with Crippen LogP contribution in [0.5, 0.6) is 0 Å². The van der Waals surface area contributed by atoms with Gasteiger partial charge in [-0.25, -0.2) is 5.90 Å². The fraction of sp³-hybridized carbons (Fsp3) is 1.00. The molecule has 3 heteroatoms. The molecule has 0 aromatic carbocycles. The highest BCUT2D eigenvalue weighted by Crippen LogP contribution is 2.04. The molecule has 0 unspecified atom stereocenters. The van der Waals surface area contributed by atoms with Crippen molar-refractivity contribution in [2.75, 3.05) is 13.2 Å². The first-order chi connectivity index (χ1) is 4.50. The van der Waals surface area contributed by atoms with E-state index in [1.165, 1.54) is 25.7 Å². The number of hydrogen-bond donors (Lipinski definition) is 2. The van der Waals surface area contributed by atoms with Crippen molar-refractivity contribution in [2.24, 2.45) is 5.90 Å². The van der Waals surface area contributed by atoms with E-state index in [4.69, 9.17) is 9.94 Å². The quantitative estimate of drug-likeness (QED) is 0.483. The molecule has 9 heavy (non-hydrogen) atoms. The van der Waals surface area contributed by atoms with Gasteiger partial charge in [0.1, 0.15) is 0 Å². The molecule has 0 bridgehead atoms. The number of hydrogen-bond acceptors (Lipinski definition) is 3. The van der Waals surface area contributed by atoms with E-state index in [-0.39, 0.29) is 0 Å². The minimum atomic E-state index is 1.00. The van der Waals surface area contributed by atoms with Crippen LogP contribution in [-0.2, 0) is 4.74 Å². The van der Waals surface area contributed by atoms with Crippen LogP contribution in [0.2, 0.25) is 0 Å². The van der Waals surface area contributed by atoms with E-state index in [2.05, 4.69) is 5.90 Å². The third-order valence-electron chi connectivity index (χ3n) is 1.33. The Labute approximate surface area is 55.8 Å². The van der Waals surface area contributed by atoms with Gasteiger partial charge in [-0.15, -0.1) is 0 Å². The van der Waals surface area contributed by atoms with E-state index in [1.54, 1.807) is 0 Å². The molecule has 0 atom stereocenters. The highest BCUT2D eigenvalue weighted by molar-refractivity contribution is 4.46. The summed E-state index contributed by atoms with van der Waals surface area (Å²) in [5, 5.41) is 6.50. The SMILES string of the molecule is C1CCCOCC1.NO. The smallest absolute Gasteiger partial charge is 0.0466 e. The molecule has 0 radical (unpaired) electrons. The molecule has 1 saturated heterocycles. The lowest BCUT2D eigenvalue weighted by Gasteiger charge is -1.91. The first kappa shape index (κ1) is 8.88. The average Bonchev–Trinajstić information content (AvgIpc) is 2.21. The first-order valence-electron chi connectivity index (χ1n) is 3.34. The molecule has 0 saturated carbocycles. The van der Waals surface area contributed by atoms with Crippen LogP contribution in [0.15, 0.2) is 0 Å². The highest BCUT2D eigenvalue weighted by Gasteiger charge is 1.95.